The molecule has 0 bridgehead atoms. The largest absolute Gasteiger partial charge is 0.504 e. The first-order valence-electron chi connectivity index (χ1n) is 10.6. The first kappa shape index (κ1) is 23.4. The molecule has 0 aliphatic heterocycles. The van der Waals surface area contributed by atoms with Crippen LogP contribution >= 0.6 is 0 Å². The highest BCUT2D eigenvalue weighted by atomic mass is 16.3. The minimum absolute atomic E-state index is 0.0604. The van der Waals surface area contributed by atoms with Crippen LogP contribution in [0.25, 0.3) is 6.08 Å². The molecular formula is C24H34N4O2. The molecule has 4 N–H and O–H groups in total. The molecule has 0 saturated heterocycles. The lowest BCUT2D eigenvalue weighted by Gasteiger charge is -2.20. The fourth-order valence-electron chi connectivity index (χ4n) is 3.95. The van der Waals surface area contributed by atoms with Crippen molar-refractivity contribution in [2.24, 2.45) is 10.7 Å². The zero-order chi connectivity index (χ0) is 22.1. The highest BCUT2D eigenvalue weighted by molar-refractivity contribution is 5.69. The summed E-state index contributed by atoms with van der Waals surface area (Å²) in [5.41, 5.74) is 11.2. The van der Waals surface area contributed by atoms with E-state index in [-0.39, 0.29) is 11.5 Å². The van der Waals surface area contributed by atoms with Gasteiger partial charge < -0.3 is 15.9 Å². The van der Waals surface area contributed by atoms with Crippen LogP contribution in [0.3, 0.4) is 0 Å². The summed E-state index contributed by atoms with van der Waals surface area (Å²) in [4.78, 5) is 12.8. The zero-order valence-corrected chi connectivity index (χ0v) is 18.4. The summed E-state index contributed by atoms with van der Waals surface area (Å²) >= 11 is 0. The third-order valence-electron chi connectivity index (χ3n) is 5.44. The van der Waals surface area contributed by atoms with E-state index in [1.54, 1.807) is 6.08 Å². The van der Waals surface area contributed by atoms with Gasteiger partial charge in [-0.15, -0.1) is 0 Å². The molecule has 6 nitrogen and oxygen atoms in total. The van der Waals surface area contributed by atoms with Gasteiger partial charge in [0.2, 0.25) is 0 Å². The molecule has 1 aromatic carbocycles. The maximum atomic E-state index is 10.7. The van der Waals surface area contributed by atoms with Gasteiger partial charge in [-0.2, -0.15) is 0 Å². The third kappa shape index (κ3) is 5.59. The van der Waals surface area contributed by atoms with Crippen LogP contribution < -0.4 is 5.73 Å². The molecule has 0 radical (unpaired) electrons. The Morgan fingerprint density at radius 3 is 2.40 bits per heavy atom. The summed E-state index contributed by atoms with van der Waals surface area (Å²) < 4.78 is 0. The minimum atomic E-state index is -0.0867. The lowest BCUT2D eigenvalue weighted by atomic mass is 9.87. The van der Waals surface area contributed by atoms with Crippen LogP contribution in [0, 0.1) is 13.8 Å². The van der Waals surface area contributed by atoms with Crippen molar-refractivity contribution in [3.8, 4) is 11.5 Å². The summed E-state index contributed by atoms with van der Waals surface area (Å²) in [6.45, 7) is 10.3. The van der Waals surface area contributed by atoms with Gasteiger partial charge in [0, 0.05) is 29.6 Å². The first-order chi connectivity index (χ1) is 14.4. The van der Waals surface area contributed by atoms with Gasteiger partial charge in [0.25, 0.3) is 0 Å². The number of phenolic OH excluding ortho intramolecular Hbond substituents is 2. The Kier molecular flexibility index (Phi) is 8.84. The fraction of sp³-hybridized carbons (Fsp3) is 0.458. The van der Waals surface area contributed by atoms with Gasteiger partial charge in [-0.1, -0.05) is 26.0 Å². The lowest BCUT2D eigenvalue weighted by Crippen LogP contribution is -2.07. The Balaban J connectivity index is 2.27. The monoisotopic (exact) mass is 410 g/mol. The van der Waals surface area contributed by atoms with E-state index in [0.717, 1.165) is 66.7 Å². The molecule has 0 fully saturated rings. The van der Waals surface area contributed by atoms with Crippen molar-refractivity contribution in [2.75, 3.05) is 6.54 Å². The standard InChI is InChI=1S/C24H34N4O2/c1-5-9-20-19(6-2)23(29)24(30)22(12-13-26-15-25)21(20)11-8-7-10-18-14-27-17(4)28-16(18)3/h6,14-15,29-30H,2,5,7-13H2,1,3-4H3,(H2,25,26). The Bertz CT molecular complexity index is 907. The Labute approximate surface area is 179 Å². The number of nitrogens with two attached hydrogens (primary N) is 1. The summed E-state index contributed by atoms with van der Waals surface area (Å²) in [5.74, 6) is 0.646. The fourth-order valence-corrected chi connectivity index (χ4v) is 3.95. The molecule has 0 aliphatic rings. The average Bonchev–Trinajstić information content (AvgIpc) is 2.72. The normalized spacial score (nSPS) is 11.3. The Morgan fingerprint density at radius 1 is 1.03 bits per heavy atom. The molecule has 1 heterocycles. The van der Waals surface area contributed by atoms with E-state index in [9.17, 15) is 10.2 Å². The van der Waals surface area contributed by atoms with E-state index < -0.39 is 0 Å². The van der Waals surface area contributed by atoms with Crippen molar-refractivity contribution >= 4 is 12.4 Å². The second-order valence-corrected chi connectivity index (χ2v) is 7.54. The van der Waals surface area contributed by atoms with Crippen molar-refractivity contribution in [1.82, 2.24) is 9.97 Å². The van der Waals surface area contributed by atoms with E-state index in [1.807, 2.05) is 20.0 Å². The Hall–Kier alpha value is -2.89. The number of aromatic hydroxyl groups is 2. The number of phenols is 2. The van der Waals surface area contributed by atoms with Crippen LogP contribution in [0.5, 0.6) is 11.5 Å². The van der Waals surface area contributed by atoms with Crippen LogP contribution in [0.15, 0.2) is 17.8 Å². The first-order valence-corrected chi connectivity index (χ1v) is 10.6. The molecule has 0 spiro atoms. The molecule has 162 valence electrons. The Morgan fingerprint density at radius 2 is 1.77 bits per heavy atom. The summed E-state index contributed by atoms with van der Waals surface area (Å²) in [5, 5.41) is 21.2. The van der Waals surface area contributed by atoms with Gasteiger partial charge >= 0.3 is 0 Å². The number of nitrogens with zero attached hydrogens (tertiary/aromatic N) is 3. The number of rotatable bonds is 11. The number of aryl methyl sites for hydroxylation is 3. The number of unbranched alkanes of at least 4 members (excludes halogenated alkanes) is 1. The summed E-state index contributed by atoms with van der Waals surface area (Å²) in [7, 11) is 0. The second-order valence-electron chi connectivity index (χ2n) is 7.54. The second kappa shape index (κ2) is 11.3. The molecule has 6 heteroatoms. The third-order valence-corrected chi connectivity index (χ3v) is 5.44. The van der Waals surface area contributed by atoms with Gasteiger partial charge in [0.05, 0.1) is 6.34 Å². The minimum Gasteiger partial charge on any atom is -0.504 e. The summed E-state index contributed by atoms with van der Waals surface area (Å²) in [6.07, 6.45) is 10.8. The van der Waals surface area contributed by atoms with E-state index in [4.69, 9.17) is 5.73 Å². The van der Waals surface area contributed by atoms with Crippen LogP contribution in [-0.2, 0) is 25.7 Å². The van der Waals surface area contributed by atoms with Crippen LogP contribution in [0.4, 0.5) is 0 Å². The predicted molar refractivity (Wildman–Crippen MR) is 123 cm³/mol. The zero-order valence-electron chi connectivity index (χ0n) is 18.4. The maximum absolute atomic E-state index is 10.7. The number of aromatic nitrogens is 2. The molecule has 0 amide bonds. The molecule has 0 unspecified atom stereocenters. The molecule has 0 saturated carbocycles. The lowest BCUT2D eigenvalue weighted by molar-refractivity contribution is 0.396. The van der Waals surface area contributed by atoms with Gasteiger partial charge in [0.1, 0.15) is 5.82 Å². The quantitative estimate of drug-likeness (QED) is 0.223. The molecular weight excluding hydrogens is 376 g/mol. The van der Waals surface area contributed by atoms with Gasteiger partial charge in [-0.3, -0.25) is 4.99 Å². The van der Waals surface area contributed by atoms with Gasteiger partial charge in [0.15, 0.2) is 11.5 Å². The van der Waals surface area contributed by atoms with Crippen molar-refractivity contribution in [2.45, 2.75) is 65.7 Å². The van der Waals surface area contributed by atoms with Crippen molar-refractivity contribution in [3.63, 3.8) is 0 Å². The molecule has 2 rings (SSSR count). The van der Waals surface area contributed by atoms with E-state index in [0.29, 0.717) is 18.5 Å². The van der Waals surface area contributed by atoms with Gasteiger partial charge in [-0.05, 0) is 69.1 Å². The number of benzene rings is 1. The van der Waals surface area contributed by atoms with Crippen molar-refractivity contribution < 1.29 is 10.2 Å². The number of aliphatic imine (C=N–C) groups is 1. The highest BCUT2D eigenvalue weighted by Gasteiger charge is 2.21. The van der Waals surface area contributed by atoms with E-state index in [1.165, 1.54) is 11.9 Å². The van der Waals surface area contributed by atoms with Gasteiger partial charge in [-0.25, -0.2) is 9.97 Å². The van der Waals surface area contributed by atoms with Crippen LogP contribution in [0.2, 0.25) is 0 Å². The SMILES string of the molecule is C=Cc1c(O)c(O)c(CCN=CN)c(CCCCc2cnc(C)nc2C)c1CCC. The molecule has 0 aliphatic carbocycles. The van der Waals surface area contributed by atoms with E-state index >= 15 is 0 Å². The van der Waals surface area contributed by atoms with Crippen LogP contribution in [-0.4, -0.2) is 33.1 Å². The number of hydrogen-bond acceptors (Lipinski definition) is 5. The van der Waals surface area contributed by atoms with Crippen molar-refractivity contribution in [3.05, 3.63) is 52.1 Å². The smallest absolute Gasteiger partial charge is 0.165 e. The molecule has 0 atom stereocenters. The number of hydrogen-bond donors (Lipinski definition) is 3. The predicted octanol–water partition coefficient (Wildman–Crippen LogP) is 4.20. The maximum Gasteiger partial charge on any atom is 0.165 e. The average molecular weight is 411 g/mol. The highest BCUT2D eigenvalue weighted by Crippen LogP contribution is 2.41. The topological polar surface area (TPSA) is 105 Å². The van der Waals surface area contributed by atoms with Crippen molar-refractivity contribution in [1.29, 1.82) is 0 Å². The van der Waals surface area contributed by atoms with Crippen LogP contribution in [0.1, 0.15) is 65.5 Å². The molecule has 30 heavy (non-hydrogen) atoms. The summed E-state index contributed by atoms with van der Waals surface area (Å²) in [6, 6.07) is 0. The molecule has 2 aromatic rings. The molecule has 1 aromatic heterocycles. The van der Waals surface area contributed by atoms with E-state index in [2.05, 4.69) is 28.5 Å².